The zero-order valence-corrected chi connectivity index (χ0v) is 17.0. The third kappa shape index (κ3) is 5.42. The number of ether oxygens (including phenoxy) is 1. The summed E-state index contributed by atoms with van der Waals surface area (Å²) in [6.07, 6.45) is -0.0752. The fraction of sp³-hybridized carbons (Fsp3) is 0.286. The minimum Gasteiger partial charge on any atom is -0.383 e. The second-order valence-electron chi connectivity index (χ2n) is 6.55. The number of amides is 2. The first-order valence-corrected chi connectivity index (χ1v) is 10.0. The highest BCUT2D eigenvalue weighted by atomic mass is 32.2. The molecule has 3 rings (SSSR count). The molecule has 2 aromatic rings. The number of carbonyl (C=O) groups is 2. The maximum absolute atomic E-state index is 13.7. The molecule has 0 radical (unpaired) electrons. The third-order valence-electron chi connectivity index (χ3n) is 4.32. The van der Waals surface area contributed by atoms with Crippen molar-refractivity contribution in [2.24, 2.45) is 4.99 Å². The number of nitrogens with zero attached hydrogens (tertiary/aromatic N) is 2. The lowest BCUT2D eigenvalue weighted by atomic mass is 10.2. The molecule has 1 aliphatic rings. The van der Waals surface area contributed by atoms with Crippen molar-refractivity contribution in [2.75, 3.05) is 25.6 Å². The zero-order chi connectivity index (χ0) is 20.8. The summed E-state index contributed by atoms with van der Waals surface area (Å²) in [5, 5.41) is 2.43. The SMILES string of the molecule is COCCN1C(=O)[C@@H](CC(=O)Nc2ccccc2F)SC1=Nc1ccc(C)cc1. The van der Waals surface area contributed by atoms with Gasteiger partial charge in [0.05, 0.1) is 24.5 Å². The van der Waals surface area contributed by atoms with Crippen LogP contribution in [0.2, 0.25) is 0 Å². The molecule has 8 heteroatoms. The van der Waals surface area contributed by atoms with E-state index in [1.165, 1.54) is 28.8 Å². The van der Waals surface area contributed by atoms with Gasteiger partial charge in [-0.25, -0.2) is 9.38 Å². The summed E-state index contributed by atoms with van der Waals surface area (Å²) in [5.41, 5.74) is 1.94. The minimum absolute atomic E-state index is 0.0752. The number of carbonyl (C=O) groups excluding carboxylic acids is 2. The van der Waals surface area contributed by atoms with Crippen LogP contribution < -0.4 is 5.32 Å². The van der Waals surface area contributed by atoms with Gasteiger partial charge in [0.15, 0.2) is 5.17 Å². The van der Waals surface area contributed by atoms with Crippen molar-refractivity contribution in [1.82, 2.24) is 4.90 Å². The topological polar surface area (TPSA) is 71.0 Å². The molecular formula is C21H22FN3O3S. The number of para-hydroxylation sites is 1. The molecule has 0 unspecified atom stereocenters. The second-order valence-corrected chi connectivity index (χ2v) is 7.72. The molecule has 2 aromatic carbocycles. The van der Waals surface area contributed by atoms with E-state index in [0.29, 0.717) is 18.3 Å². The van der Waals surface area contributed by atoms with Crippen LogP contribution in [-0.4, -0.2) is 47.4 Å². The first-order chi connectivity index (χ1) is 14.0. The Hall–Kier alpha value is -2.71. The number of hydrogen-bond acceptors (Lipinski definition) is 5. The Morgan fingerprint density at radius 1 is 1.24 bits per heavy atom. The molecule has 1 fully saturated rings. The number of hydrogen-bond donors (Lipinski definition) is 1. The number of benzene rings is 2. The van der Waals surface area contributed by atoms with Gasteiger partial charge in [-0.1, -0.05) is 41.6 Å². The van der Waals surface area contributed by atoms with Crippen LogP contribution in [0.25, 0.3) is 0 Å². The van der Waals surface area contributed by atoms with Gasteiger partial charge < -0.3 is 10.1 Å². The Kier molecular flexibility index (Phi) is 7.00. The van der Waals surface area contributed by atoms with Gasteiger partial charge in [-0.2, -0.15) is 0 Å². The molecule has 152 valence electrons. The molecule has 0 saturated carbocycles. The molecule has 2 amide bonds. The van der Waals surface area contributed by atoms with Crippen molar-refractivity contribution in [2.45, 2.75) is 18.6 Å². The van der Waals surface area contributed by atoms with E-state index in [2.05, 4.69) is 10.3 Å². The van der Waals surface area contributed by atoms with Crippen molar-refractivity contribution in [3.63, 3.8) is 0 Å². The van der Waals surface area contributed by atoms with Gasteiger partial charge in [0, 0.05) is 13.5 Å². The summed E-state index contributed by atoms with van der Waals surface area (Å²) in [6, 6.07) is 13.6. The van der Waals surface area contributed by atoms with Crippen LogP contribution in [-0.2, 0) is 14.3 Å². The molecule has 1 heterocycles. The summed E-state index contributed by atoms with van der Waals surface area (Å²) in [6.45, 7) is 2.69. The molecule has 0 spiro atoms. The maximum atomic E-state index is 13.7. The Morgan fingerprint density at radius 2 is 1.97 bits per heavy atom. The van der Waals surface area contributed by atoms with Crippen molar-refractivity contribution in [3.8, 4) is 0 Å². The van der Waals surface area contributed by atoms with Crippen molar-refractivity contribution >= 4 is 40.1 Å². The first-order valence-electron chi connectivity index (χ1n) is 9.14. The quantitative estimate of drug-likeness (QED) is 0.748. The monoisotopic (exact) mass is 415 g/mol. The van der Waals surface area contributed by atoms with Crippen molar-refractivity contribution in [1.29, 1.82) is 0 Å². The Bertz CT molecular complexity index is 918. The Balaban J connectivity index is 1.74. The third-order valence-corrected chi connectivity index (χ3v) is 5.49. The predicted octanol–water partition coefficient (Wildman–Crippen LogP) is 3.74. The van der Waals surface area contributed by atoms with Gasteiger partial charge >= 0.3 is 0 Å². The van der Waals surface area contributed by atoms with Crippen LogP contribution in [0.1, 0.15) is 12.0 Å². The molecule has 1 N–H and O–H groups in total. The molecular weight excluding hydrogens is 393 g/mol. The lowest BCUT2D eigenvalue weighted by Gasteiger charge is -2.15. The second kappa shape index (κ2) is 9.67. The maximum Gasteiger partial charge on any atom is 0.242 e. The van der Waals surface area contributed by atoms with Crippen LogP contribution in [0.15, 0.2) is 53.5 Å². The standard InChI is InChI=1S/C21H22FN3O3S/c1-14-7-9-15(10-8-14)23-21-25(11-12-28-2)20(27)18(29-21)13-19(26)24-17-6-4-3-5-16(17)22/h3-10,18H,11-13H2,1-2H3,(H,24,26)/t18-/m1/s1. The summed E-state index contributed by atoms with van der Waals surface area (Å²) in [5.74, 6) is -1.15. The van der Waals surface area contributed by atoms with Crippen LogP contribution in [0, 0.1) is 12.7 Å². The lowest BCUT2D eigenvalue weighted by molar-refractivity contribution is -0.128. The highest BCUT2D eigenvalue weighted by molar-refractivity contribution is 8.15. The molecule has 1 aliphatic heterocycles. The molecule has 29 heavy (non-hydrogen) atoms. The van der Waals surface area contributed by atoms with E-state index in [-0.39, 0.29) is 18.0 Å². The van der Waals surface area contributed by atoms with Crippen LogP contribution in [0.5, 0.6) is 0 Å². The van der Waals surface area contributed by atoms with Crippen LogP contribution in [0.4, 0.5) is 15.8 Å². The molecule has 6 nitrogen and oxygen atoms in total. The van der Waals surface area contributed by atoms with E-state index >= 15 is 0 Å². The van der Waals surface area contributed by atoms with Gasteiger partial charge in [0.25, 0.3) is 0 Å². The van der Waals surface area contributed by atoms with Gasteiger partial charge in [-0.15, -0.1) is 0 Å². The molecule has 1 atom stereocenters. The highest BCUT2D eigenvalue weighted by Gasteiger charge is 2.39. The fourth-order valence-electron chi connectivity index (χ4n) is 2.78. The normalized spacial score (nSPS) is 17.8. The number of rotatable bonds is 7. The number of thioether (sulfide) groups is 1. The summed E-state index contributed by atoms with van der Waals surface area (Å²) < 4.78 is 18.8. The predicted molar refractivity (Wildman–Crippen MR) is 113 cm³/mol. The molecule has 0 aromatic heterocycles. The van der Waals surface area contributed by atoms with Crippen molar-refractivity contribution in [3.05, 3.63) is 59.9 Å². The highest BCUT2D eigenvalue weighted by Crippen LogP contribution is 2.32. The number of anilines is 1. The van der Waals surface area contributed by atoms with Crippen molar-refractivity contribution < 1.29 is 18.7 Å². The van der Waals surface area contributed by atoms with E-state index < -0.39 is 17.0 Å². The first kappa shape index (κ1) is 21.0. The van der Waals surface area contributed by atoms with Gasteiger partial charge in [-0.05, 0) is 31.2 Å². The largest absolute Gasteiger partial charge is 0.383 e. The summed E-state index contributed by atoms with van der Waals surface area (Å²) >= 11 is 1.24. The fourth-order valence-corrected chi connectivity index (χ4v) is 3.96. The lowest BCUT2D eigenvalue weighted by Crippen LogP contribution is -2.35. The average Bonchev–Trinajstić information content (AvgIpc) is 2.98. The Morgan fingerprint density at radius 3 is 2.66 bits per heavy atom. The number of aryl methyl sites for hydroxylation is 1. The number of aliphatic imine (C=N–C) groups is 1. The number of amidine groups is 1. The molecule has 0 bridgehead atoms. The number of methoxy groups -OCH3 is 1. The Labute approximate surface area is 173 Å². The summed E-state index contributed by atoms with van der Waals surface area (Å²) in [4.78, 5) is 31.3. The molecule has 0 aliphatic carbocycles. The summed E-state index contributed by atoms with van der Waals surface area (Å²) in [7, 11) is 1.56. The van der Waals surface area contributed by atoms with E-state index in [9.17, 15) is 14.0 Å². The van der Waals surface area contributed by atoms with Gasteiger partial charge in [0.2, 0.25) is 11.8 Å². The van der Waals surface area contributed by atoms with E-state index in [4.69, 9.17) is 4.74 Å². The average molecular weight is 415 g/mol. The van der Waals surface area contributed by atoms with Gasteiger partial charge in [-0.3, -0.25) is 14.5 Å². The smallest absolute Gasteiger partial charge is 0.242 e. The van der Waals surface area contributed by atoms with Crippen LogP contribution >= 0.6 is 11.8 Å². The van der Waals surface area contributed by atoms with Gasteiger partial charge in [0.1, 0.15) is 11.1 Å². The number of nitrogens with one attached hydrogen (secondary N) is 1. The van der Waals surface area contributed by atoms with E-state index in [1.54, 1.807) is 19.2 Å². The van der Waals surface area contributed by atoms with Crippen LogP contribution in [0.3, 0.4) is 0 Å². The zero-order valence-electron chi connectivity index (χ0n) is 16.2. The number of halogens is 1. The van der Waals surface area contributed by atoms with E-state index in [1.807, 2.05) is 31.2 Å². The van der Waals surface area contributed by atoms with E-state index in [0.717, 1.165) is 11.3 Å². The molecule has 1 saturated heterocycles. The minimum atomic E-state index is -0.622.